The molecule has 0 fully saturated rings. The molecule has 4 heterocycles. The Morgan fingerprint density at radius 2 is 1.85 bits per heavy atom. The Bertz CT molecular complexity index is 2090. The number of cyclic esters (lactones) is 1. The average Bonchev–Trinajstić information content (AvgIpc) is 3.51. The fourth-order valence-corrected chi connectivity index (χ4v) is 7.10. The minimum absolute atomic E-state index is 0.0779. The number of rotatable bonds is 15. The van der Waals surface area contributed by atoms with Crippen molar-refractivity contribution in [1.82, 2.24) is 15.0 Å². The van der Waals surface area contributed by atoms with E-state index in [1.165, 1.54) is 19.3 Å². The van der Waals surface area contributed by atoms with Gasteiger partial charge in [0.05, 0.1) is 41.3 Å². The molecule has 1 atom stereocenters. The molecule has 6 rings (SSSR count). The number of hydrogen-bond acceptors (Lipinski definition) is 9. The van der Waals surface area contributed by atoms with Crippen molar-refractivity contribution in [3.8, 4) is 22.9 Å². The Labute approximate surface area is 304 Å². The van der Waals surface area contributed by atoms with Crippen LogP contribution in [0.5, 0.6) is 11.5 Å². The predicted molar refractivity (Wildman–Crippen MR) is 200 cm³/mol. The summed E-state index contributed by atoms with van der Waals surface area (Å²) in [5.74, 6) is 0.811. The van der Waals surface area contributed by atoms with E-state index in [4.69, 9.17) is 19.2 Å². The molecule has 0 radical (unpaired) electrons. The topological polar surface area (TPSA) is 141 Å². The minimum atomic E-state index is -1.89. The number of carbonyl (C=O) groups excluding carboxylic acids is 2. The number of hydrogen-bond donors (Lipinski definition) is 2. The predicted octanol–water partition coefficient (Wildman–Crippen LogP) is 6.55. The molecule has 2 N–H and O–H groups in total. The van der Waals surface area contributed by atoms with Crippen molar-refractivity contribution < 1.29 is 28.9 Å². The molecule has 2 aromatic carbocycles. The highest BCUT2D eigenvalue weighted by Crippen LogP contribution is 2.40. The summed E-state index contributed by atoms with van der Waals surface area (Å²) in [4.78, 5) is 43.9. The van der Waals surface area contributed by atoms with Gasteiger partial charge in [-0.1, -0.05) is 65.5 Å². The van der Waals surface area contributed by atoms with Gasteiger partial charge in [0.1, 0.15) is 18.1 Å². The van der Waals surface area contributed by atoms with Crippen molar-refractivity contribution in [1.29, 1.82) is 0 Å². The highest BCUT2D eigenvalue weighted by molar-refractivity contribution is 6.01. The van der Waals surface area contributed by atoms with Crippen LogP contribution in [0.4, 0.5) is 0 Å². The summed E-state index contributed by atoms with van der Waals surface area (Å²) >= 11 is 0. The van der Waals surface area contributed by atoms with E-state index in [1.807, 2.05) is 50.2 Å². The first kappa shape index (κ1) is 36.8. The Morgan fingerprint density at radius 3 is 2.62 bits per heavy atom. The van der Waals surface area contributed by atoms with Crippen molar-refractivity contribution in [2.24, 2.45) is 11.0 Å². The van der Waals surface area contributed by atoms with Gasteiger partial charge in [-0.25, -0.2) is 15.2 Å². The van der Waals surface area contributed by atoms with Gasteiger partial charge in [-0.15, -0.1) is 0 Å². The van der Waals surface area contributed by atoms with Gasteiger partial charge in [0, 0.05) is 22.1 Å². The lowest BCUT2D eigenvalue weighted by Crippen LogP contribution is -2.44. The molecule has 274 valence electrons. The number of carbonyl (C=O) groups is 2. The molecule has 11 nitrogen and oxygen atoms in total. The molecular formula is C41H48N4O7. The van der Waals surface area contributed by atoms with E-state index in [9.17, 15) is 19.5 Å². The number of ether oxygens (including phenoxy) is 3. The number of para-hydroxylation sites is 1. The summed E-state index contributed by atoms with van der Waals surface area (Å²) < 4.78 is 18.8. The number of nitrogens with zero attached hydrogens (tertiary/aromatic N) is 3. The molecule has 0 saturated heterocycles. The molecule has 0 spiro atoms. The van der Waals surface area contributed by atoms with Crippen molar-refractivity contribution in [2.75, 3.05) is 13.2 Å². The molecule has 0 bridgehead atoms. The van der Waals surface area contributed by atoms with Crippen LogP contribution >= 0.6 is 0 Å². The molecule has 0 aliphatic carbocycles. The zero-order valence-corrected chi connectivity index (χ0v) is 30.7. The lowest BCUT2D eigenvalue weighted by atomic mass is 9.86. The Kier molecular flexibility index (Phi) is 11.1. The van der Waals surface area contributed by atoms with Crippen LogP contribution < -0.4 is 20.5 Å². The quantitative estimate of drug-likeness (QED) is 0.0540. The first-order valence-electron chi connectivity index (χ1n) is 18.4. The molecule has 11 heteroatoms. The first-order valence-corrected chi connectivity index (χ1v) is 18.4. The van der Waals surface area contributed by atoms with Gasteiger partial charge in [-0.3, -0.25) is 9.59 Å². The number of fused-ring (bicyclic) bond motifs is 5. The zero-order chi connectivity index (χ0) is 37.0. The fourth-order valence-electron chi connectivity index (χ4n) is 7.10. The number of aryl methyl sites for hydroxylation is 1. The minimum Gasteiger partial charge on any atom is -0.493 e. The Balaban J connectivity index is 1.12. The van der Waals surface area contributed by atoms with E-state index in [2.05, 4.69) is 24.4 Å². The van der Waals surface area contributed by atoms with Crippen LogP contribution in [0.3, 0.4) is 0 Å². The summed E-state index contributed by atoms with van der Waals surface area (Å²) in [5, 5.41) is 16.4. The third-order valence-corrected chi connectivity index (χ3v) is 10.1. The maximum Gasteiger partial charge on any atom is 0.343 e. The van der Waals surface area contributed by atoms with E-state index < -0.39 is 17.5 Å². The number of hydrazone groups is 1. The summed E-state index contributed by atoms with van der Waals surface area (Å²) in [6, 6.07) is 14.8. The van der Waals surface area contributed by atoms with E-state index in [-0.39, 0.29) is 36.3 Å². The largest absolute Gasteiger partial charge is 0.493 e. The van der Waals surface area contributed by atoms with Crippen molar-refractivity contribution in [3.63, 3.8) is 0 Å². The molecule has 0 unspecified atom stereocenters. The normalized spacial score (nSPS) is 16.4. The average molecular weight is 709 g/mol. The third kappa shape index (κ3) is 7.32. The lowest BCUT2D eigenvalue weighted by molar-refractivity contribution is -0.172. The Morgan fingerprint density at radius 1 is 1.06 bits per heavy atom. The highest BCUT2D eigenvalue weighted by atomic mass is 16.6. The maximum absolute atomic E-state index is 13.6. The van der Waals surface area contributed by atoms with Crippen LogP contribution in [0.1, 0.15) is 101 Å². The molecule has 0 saturated carbocycles. The van der Waals surface area contributed by atoms with Crippen LogP contribution in [-0.2, 0) is 39.5 Å². The summed E-state index contributed by atoms with van der Waals surface area (Å²) in [6.45, 7) is 10.6. The van der Waals surface area contributed by atoms with Crippen LogP contribution in [0.2, 0.25) is 0 Å². The maximum atomic E-state index is 13.6. The standard InChI is InChI=1S/C41H48N4O7/c1-6-28-30-20-27(51-24-37(46)44-43-26(5)29-15-11-12-16-36(29)50-19-13-9-8-10-14-25(3)4)17-18-34(30)42-38-31(28)22-45-35(38)21-33-32(39(45)47)23-52-40(48)41(33,49)7-2/h11-12,15-18,20-21,25,49H,6-10,13-14,19,22-24H2,1-5H3,(H,44,46)/b43-26+/t41-/m0/s1. The zero-order valence-electron chi connectivity index (χ0n) is 30.7. The molecule has 1 amide bonds. The summed E-state index contributed by atoms with van der Waals surface area (Å²) in [6.07, 6.45) is 6.58. The van der Waals surface area contributed by atoms with Crippen LogP contribution in [0, 0.1) is 5.92 Å². The molecule has 2 aliphatic heterocycles. The monoisotopic (exact) mass is 708 g/mol. The van der Waals surface area contributed by atoms with Gasteiger partial charge >= 0.3 is 5.97 Å². The summed E-state index contributed by atoms with van der Waals surface area (Å²) in [7, 11) is 0. The number of benzene rings is 2. The van der Waals surface area contributed by atoms with Crippen molar-refractivity contribution in [2.45, 2.75) is 98.3 Å². The Hall–Kier alpha value is -5.03. The van der Waals surface area contributed by atoms with Crippen LogP contribution in [-0.4, -0.2) is 45.5 Å². The third-order valence-electron chi connectivity index (χ3n) is 10.1. The summed E-state index contributed by atoms with van der Waals surface area (Å²) in [5.41, 5.74) is 6.22. The lowest BCUT2D eigenvalue weighted by Gasteiger charge is -2.31. The van der Waals surface area contributed by atoms with E-state index >= 15 is 0 Å². The number of esters is 1. The number of unbranched alkanes of at least 4 members (excludes halogenated alkanes) is 3. The number of amides is 1. The number of pyridine rings is 2. The second-order valence-electron chi connectivity index (χ2n) is 14.0. The van der Waals surface area contributed by atoms with Crippen LogP contribution in [0.25, 0.3) is 22.3 Å². The SMILES string of the molecule is CCc1c2c(nc3ccc(OCC(=O)N/N=C(\C)c4ccccc4OCCCCCCC(C)C)cc13)-c1cc3c(c(=O)n1C2)COC(=O)[C@]3(O)CC. The first-order chi connectivity index (χ1) is 25.0. The molecule has 52 heavy (non-hydrogen) atoms. The van der Waals surface area contributed by atoms with E-state index in [0.717, 1.165) is 46.6 Å². The van der Waals surface area contributed by atoms with Crippen LogP contribution in [0.15, 0.2) is 58.4 Å². The molecule has 2 aromatic heterocycles. The number of aromatic nitrogens is 2. The van der Waals surface area contributed by atoms with Gasteiger partial charge in [-0.05, 0) is 74.1 Å². The second kappa shape index (κ2) is 15.7. The van der Waals surface area contributed by atoms with Gasteiger partial charge in [0.2, 0.25) is 0 Å². The van der Waals surface area contributed by atoms with Gasteiger partial charge in [0.15, 0.2) is 12.2 Å². The molecule has 2 aliphatic rings. The fraction of sp³-hybridized carbons (Fsp3) is 0.439. The van der Waals surface area contributed by atoms with Gasteiger partial charge < -0.3 is 23.9 Å². The second-order valence-corrected chi connectivity index (χ2v) is 14.0. The van der Waals surface area contributed by atoms with Crippen molar-refractivity contribution >= 4 is 28.5 Å². The van der Waals surface area contributed by atoms with Gasteiger partial charge in [0.25, 0.3) is 11.5 Å². The van der Waals surface area contributed by atoms with E-state index in [1.54, 1.807) is 23.6 Å². The van der Waals surface area contributed by atoms with Crippen molar-refractivity contribution in [3.05, 3.63) is 86.7 Å². The van der Waals surface area contributed by atoms with E-state index in [0.29, 0.717) is 47.9 Å². The highest BCUT2D eigenvalue weighted by Gasteiger charge is 2.45. The smallest absolute Gasteiger partial charge is 0.343 e. The number of nitrogens with one attached hydrogen (secondary N) is 1. The molecule has 4 aromatic rings. The van der Waals surface area contributed by atoms with Gasteiger partial charge in [-0.2, -0.15) is 5.10 Å². The molecular weight excluding hydrogens is 660 g/mol. The number of aliphatic hydroxyl groups is 1.